The van der Waals surface area contributed by atoms with Crippen molar-refractivity contribution in [1.29, 1.82) is 0 Å². The molecule has 2 aliphatic heterocycles. The molecular formula is C21H30N6O. The molecule has 4 atom stereocenters. The Balaban J connectivity index is 1.38. The zero-order chi connectivity index (χ0) is 19.3. The molecule has 5 rings (SSSR count). The summed E-state index contributed by atoms with van der Waals surface area (Å²) < 4.78 is 2.08. The lowest BCUT2D eigenvalue weighted by molar-refractivity contribution is 0.0358. The topological polar surface area (TPSA) is 70.3 Å². The van der Waals surface area contributed by atoms with Crippen LogP contribution in [0.25, 0.3) is 0 Å². The quantitative estimate of drug-likeness (QED) is 0.879. The molecule has 7 heteroatoms. The molecule has 2 aromatic rings. The van der Waals surface area contributed by atoms with Crippen LogP contribution in [-0.2, 0) is 0 Å². The van der Waals surface area contributed by atoms with Gasteiger partial charge < -0.3 is 19.5 Å². The first-order valence-corrected chi connectivity index (χ1v) is 10.6. The highest BCUT2D eigenvalue weighted by Gasteiger charge is 2.43. The summed E-state index contributed by atoms with van der Waals surface area (Å²) in [4.78, 5) is 18.7. The van der Waals surface area contributed by atoms with Crippen molar-refractivity contribution in [3.05, 3.63) is 30.0 Å². The van der Waals surface area contributed by atoms with E-state index in [4.69, 9.17) is 9.97 Å². The smallest absolute Gasteiger partial charge is 0.227 e. The van der Waals surface area contributed by atoms with Gasteiger partial charge in [0.05, 0.1) is 18.5 Å². The molecule has 4 heterocycles. The zero-order valence-electron chi connectivity index (χ0n) is 16.8. The van der Waals surface area contributed by atoms with E-state index in [1.807, 2.05) is 12.5 Å². The Labute approximate surface area is 166 Å². The number of nitrogens with zero attached hydrogens (tertiary/aromatic N) is 6. The van der Waals surface area contributed by atoms with Gasteiger partial charge in [0.25, 0.3) is 0 Å². The predicted molar refractivity (Wildman–Crippen MR) is 109 cm³/mol. The average molecular weight is 383 g/mol. The Kier molecular flexibility index (Phi) is 4.50. The van der Waals surface area contributed by atoms with Crippen LogP contribution in [0.4, 0.5) is 11.8 Å². The Hall–Kier alpha value is -2.15. The predicted octanol–water partition coefficient (Wildman–Crippen LogP) is 2.34. The maximum atomic E-state index is 10.7. The van der Waals surface area contributed by atoms with Crippen LogP contribution in [0, 0.1) is 25.7 Å². The first-order chi connectivity index (χ1) is 13.6. The van der Waals surface area contributed by atoms with Crippen LogP contribution in [0.3, 0.4) is 0 Å². The van der Waals surface area contributed by atoms with Gasteiger partial charge in [0, 0.05) is 49.8 Å². The van der Waals surface area contributed by atoms with Crippen molar-refractivity contribution in [1.82, 2.24) is 19.5 Å². The summed E-state index contributed by atoms with van der Waals surface area (Å²) in [7, 11) is 0. The lowest BCUT2D eigenvalue weighted by Crippen LogP contribution is -2.35. The number of imidazole rings is 1. The van der Waals surface area contributed by atoms with Gasteiger partial charge in [-0.3, -0.25) is 0 Å². The molecule has 1 saturated carbocycles. The van der Waals surface area contributed by atoms with E-state index >= 15 is 0 Å². The minimum atomic E-state index is -0.302. The number of hydrogen-bond acceptors (Lipinski definition) is 6. The standard InChI is InChI=1S/C21H30N6O/c1-14-15(2)23-21(25-6-3-4-7-25)24-20(14)27-11-16-9-18(26-8-5-22-13-26)19(28)10-17(16)12-27/h5,8,13,16-19,28H,3-4,6-7,9-12H2,1-2H3/t16-,17+,18-,19-/m1/s1. The van der Waals surface area contributed by atoms with Gasteiger partial charge in [0.2, 0.25) is 5.95 Å². The second-order valence-corrected chi connectivity index (χ2v) is 8.79. The van der Waals surface area contributed by atoms with E-state index in [1.54, 1.807) is 6.20 Å². The molecule has 0 radical (unpaired) electrons. The van der Waals surface area contributed by atoms with Crippen LogP contribution < -0.4 is 9.80 Å². The van der Waals surface area contributed by atoms with Gasteiger partial charge in [-0.25, -0.2) is 9.97 Å². The molecule has 2 saturated heterocycles. The minimum absolute atomic E-state index is 0.136. The SMILES string of the molecule is Cc1nc(N2CCCC2)nc(N2C[C@H]3C[C@@H](n4ccnc4)[C@H](O)C[C@H]3C2)c1C. The largest absolute Gasteiger partial charge is 0.391 e. The van der Waals surface area contributed by atoms with Crippen molar-refractivity contribution in [3.8, 4) is 0 Å². The molecule has 0 spiro atoms. The molecule has 3 fully saturated rings. The van der Waals surface area contributed by atoms with E-state index in [1.165, 1.54) is 18.4 Å². The van der Waals surface area contributed by atoms with Crippen molar-refractivity contribution in [2.45, 2.75) is 51.7 Å². The normalized spacial score (nSPS) is 30.1. The van der Waals surface area contributed by atoms with E-state index < -0.39 is 0 Å². The molecule has 0 amide bonds. The first-order valence-electron chi connectivity index (χ1n) is 10.6. The molecule has 7 nitrogen and oxygen atoms in total. The molecule has 0 bridgehead atoms. The lowest BCUT2D eigenvalue weighted by Gasteiger charge is -2.35. The fraction of sp³-hybridized carbons (Fsp3) is 0.667. The molecule has 150 valence electrons. The minimum Gasteiger partial charge on any atom is -0.391 e. The maximum absolute atomic E-state index is 10.7. The van der Waals surface area contributed by atoms with Crippen LogP contribution in [-0.4, -0.2) is 56.9 Å². The first kappa shape index (κ1) is 17.9. The molecule has 28 heavy (non-hydrogen) atoms. The number of aromatic nitrogens is 4. The number of aliphatic hydroxyl groups is 1. The Morgan fingerprint density at radius 3 is 2.46 bits per heavy atom. The fourth-order valence-electron chi connectivity index (χ4n) is 5.33. The third kappa shape index (κ3) is 3.05. The summed E-state index contributed by atoms with van der Waals surface area (Å²) in [5, 5.41) is 10.7. The van der Waals surface area contributed by atoms with Gasteiger partial charge in [-0.15, -0.1) is 0 Å². The van der Waals surface area contributed by atoms with Crippen molar-refractivity contribution in [2.75, 3.05) is 36.0 Å². The van der Waals surface area contributed by atoms with E-state index in [0.717, 1.165) is 56.5 Å². The van der Waals surface area contributed by atoms with Crippen molar-refractivity contribution >= 4 is 11.8 Å². The monoisotopic (exact) mass is 382 g/mol. The Bertz CT molecular complexity index is 832. The summed E-state index contributed by atoms with van der Waals surface area (Å²) in [6, 6.07) is 0.136. The number of hydrogen-bond donors (Lipinski definition) is 1. The molecule has 0 aromatic carbocycles. The summed E-state index contributed by atoms with van der Waals surface area (Å²) in [6.45, 7) is 8.36. The fourth-order valence-corrected chi connectivity index (χ4v) is 5.33. The van der Waals surface area contributed by atoms with Crippen LogP contribution in [0.2, 0.25) is 0 Å². The third-order valence-electron chi connectivity index (χ3n) is 7.06. The Morgan fingerprint density at radius 2 is 1.75 bits per heavy atom. The molecular weight excluding hydrogens is 352 g/mol. The van der Waals surface area contributed by atoms with Crippen LogP contribution in [0.15, 0.2) is 18.7 Å². The molecule has 1 aliphatic carbocycles. The van der Waals surface area contributed by atoms with Crippen molar-refractivity contribution in [2.24, 2.45) is 11.8 Å². The number of fused-ring (bicyclic) bond motifs is 1. The van der Waals surface area contributed by atoms with Gasteiger partial charge >= 0.3 is 0 Å². The van der Waals surface area contributed by atoms with Gasteiger partial charge in [0.1, 0.15) is 5.82 Å². The van der Waals surface area contributed by atoms with Gasteiger partial charge in [-0.2, -0.15) is 4.98 Å². The zero-order valence-corrected chi connectivity index (χ0v) is 16.8. The third-order valence-corrected chi connectivity index (χ3v) is 7.06. The molecule has 3 aliphatic rings. The van der Waals surface area contributed by atoms with E-state index in [-0.39, 0.29) is 12.1 Å². The molecule has 0 unspecified atom stereocenters. The molecule has 2 aromatic heterocycles. The highest BCUT2D eigenvalue weighted by atomic mass is 16.3. The summed E-state index contributed by atoms with van der Waals surface area (Å²) >= 11 is 0. The lowest BCUT2D eigenvalue weighted by atomic mass is 9.77. The second kappa shape index (κ2) is 7.03. The number of aryl methyl sites for hydroxylation is 1. The number of anilines is 2. The van der Waals surface area contributed by atoms with Gasteiger partial charge in [-0.1, -0.05) is 0 Å². The highest BCUT2D eigenvalue weighted by Crippen LogP contribution is 2.43. The summed E-state index contributed by atoms with van der Waals surface area (Å²) in [5.41, 5.74) is 2.27. The van der Waals surface area contributed by atoms with E-state index in [9.17, 15) is 5.11 Å². The van der Waals surface area contributed by atoms with Gasteiger partial charge in [0.15, 0.2) is 0 Å². The summed E-state index contributed by atoms with van der Waals surface area (Å²) in [6.07, 6.45) is 9.62. The summed E-state index contributed by atoms with van der Waals surface area (Å²) in [5.74, 6) is 3.10. The Morgan fingerprint density at radius 1 is 1.00 bits per heavy atom. The highest BCUT2D eigenvalue weighted by molar-refractivity contribution is 5.53. The van der Waals surface area contributed by atoms with Crippen LogP contribution >= 0.6 is 0 Å². The number of aliphatic hydroxyl groups excluding tert-OH is 1. The van der Waals surface area contributed by atoms with Crippen LogP contribution in [0.5, 0.6) is 0 Å². The number of rotatable bonds is 3. The van der Waals surface area contributed by atoms with E-state index in [0.29, 0.717) is 11.8 Å². The van der Waals surface area contributed by atoms with Crippen LogP contribution in [0.1, 0.15) is 43.0 Å². The maximum Gasteiger partial charge on any atom is 0.227 e. The van der Waals surface area contributed by atoms with Crippen molar-refractivity contribution < 1.29 is 5.11 Å². The molecule has 1 N–H and O–H groups in total. The van der Waals surface area contributed by atoms with Gasteiger partial charge in [-0.05, 0) is 51.4 Å². The van der Waals surface area contributed by atoms with E-state index in [2.05, 4.69) is 33.2 Å². The second-order valence-electron chi connectivity index (χ2n) is 8.79. The average Bonchev–Trinajstić information content (AvgIpc) is 3.44. The van der Waals surface area contributed by atoms with Crippen molar-refractivity contribution in [3.63, 3.8) is 0 Å².